The van der Waals surface area contributed by atoms with Gasteiger partial charge in [-0.15, -0.1) is 0 Å². The minimum absolute atomic E-state index is 0.00773. The Kier molecular flexibility index (Phi) is 5.68. The summed E-state index contributed by atoms with van der Waals surface area (Å²) in [6.07, 6.45) is -1.09. The number of halogens is 2. The topological polar surface area (TPSA) is 125 Å². The Labute approximate surface area is 150 Å². The number of nitro benzene ring substituents is 2. The van der Waals surface area contributed by atoms with Gasteiger partial charge in [-0.1, -0.05) is 11.6 Å². The predicted molar refractivity (Wildman–Crippen MR) is 89.9 cm³/mol. The molecule has 2 rings (SSSR count). The summed E-state index contributed by atoms with van der Waals surface area (Å²) in [7, 11) is 0. The number of carbonyl (C=O) groups excluding carboxylic acids is 1. The van der Waals surface area contributed by atoms with Crippen LogP contribution >= 0.6 is 11.6 Å². The van der Waals surface area contributed by atoms with Crippen molar-refractivity contribution in [1.82, 2.24) is 0 Å². The lowest BCUT2D eigenvalue weighted by Crippen LogP contribution is -2.30. The molecule has 0 radical (unpaired) electrons. The number of carbonyl (C=O) groups is 1. The van der Waals surface area contributed by atoms with Gasteiger partial charge in [0, 0.05) is 23.9 Å². The molecule has 0 heterocycles. The highest BCUT2D eigenvalue weighted by atomic mass is 35.5. The number of ether oxygens (including phenoxy) is 1. The normalized spacial score (nSPS) is 11.5. The van der Waals surface area contributed by atoms with Crippen LogP contribution in [0.4, 0.5) is 21.5 Å². The van der Waals surface area contributed by atoms with Gasteiger partial charge in [-0.3, -0.25) is 25.0 Å². The maximum atomic E-state index is 13.3. The van der Waals surface area contributed by atoms with Gasteiger partial charge in [-0.25, -0.2) is 0 Å². The average Bonchev–Trinajstić information content (AvgIpc) is 2.57. The van der Waals surface area contributed by atoms with Crippen molar-refractivity contribution >= 4 is 34.6 Å². The number of non-ortho nitro benzene ring substituents is 1. The highest BCUT2D eigenvalue weighted by Crippen LogP contribution is 2.29. The molecule has 0 unspecified atom stereocenters. The van der Waals surface area contributed by atoms with E-state index in [9.17, 15) is 29.4 Å². The molecule has 9 nitrogen and oxygen atoms in total. The molecule has 1 atom stereocenters. The van der Waals surface area contributed by atoms with E-state index in [0.29, 0.717) is 0 Å². The monoisotopic (exact) mass is 383 g/mol. The summed E-state index contributed by atoms with van der Waals surface area (Å²) < 4.78 is 18.6. The minimum Gasteiger partial charge on any atom is -0.479 e. The Morgan fingerprint density at radius 3 is 2.46 bits per heavy atom. The van der Waals surface area contributed by atoms with Gasteiger partial charge in [0.1, 0.15) is 5.75 Å². The van der Waals surface area contributed by atoms with Crippen LogP contribution in [-0.2, 0) is 4.79 Å². The maximum absolute atomic E-state index is 13.3. The Hall–Kier alpha value is -3.27. The fourth-order valence-corrected chi connectivity index (χ4v) is 2.14. The zero-order valence-corrected chi connectivity index (χ0v) is 13.9. The first-order valence-electron chi connectivity index (χ1n) is 7.04. The van der Waals surface area contributed by atoms with E-state index in [1.54, 1.807) is 0 Å². The zero-order chi connectivity index (χ0) is 19.4. The Morgan fingerprint density at radius 2 is 1.88 bits per heavy atom. The average molecular weight is 384 g/mol. The zero-order valence-electron chi connectivity index (χ0n) is 13.1. The van der Waals surface area contributed by atoms with Crippen LogP contribution in [0.5, 0.6) is 5.75 Å². The fourth-order valence-electron chi connectivity index (χ4n) is 1.92. The minimum atomic E-state index is -1.09. The van der Waals surface area contributed by atoms with Gasteiger partial charge in [-0.05, 0) is 25.1 Å². The summed E-state index contributed by atoms with van der Waals surface area (Å²) in [6, 6.07) is 6.37. The Morgan fingerprint density at radius 1 is 1.19 bits per heavy atom. The molecule has 136 valence electrons. The summed E-state index contributed by atoms with van der Waals surface area (Å²) in [5.74, 6) is -1.67. The van der Waals surface area contributed by atoms with Gasteiger partial charge in [-0.2, -0.15) is 4.39 Å². The standard InChI is InChI=1S/C15H11ClFN3O6/c1-8(26-14-5-3-10(19(22)23)7-11(14)16)15(21)18-9-2-4-12(17)13(6-9)20(24)25/h2-8H,1H3,(H,18,21)/t8-/m1/s1. The number of nitrogens with one attached hydrogen (secondary N) is 1. The molecule has 0 aliphatic carbocycles. The van der Waals surface area contributed by atoms with Crippen LogP contribution in [-0.4, -0.2) is 21.9 Å². The maximum Gasteiger partial charge on any atom is 0.306 e. The first kappa shape index (κ1) is 19.1. The Balaban J connectivity index is 2.10. The molecule has 0 fully saturated rings. The molecule has 0 saturated heterocycles. The third kappa shape index (κ3) is 4.42. The number of benzene rings is 2. The molecule has 26 heavy (non-hydrogen) atoms. The molecule has 0 saturated carbocycles. The molecular formula is C15H11ClFN3O6. The number of hydrogen-bond donors (Lipinski definition) is 1. The number of nitrogens with zero attached hydrogens (tertiary/aromatic N) is 2. The van der Waals surface area contributed by atoms with Crippen molar-refractivity contribution < 1.29 is 23.8 Å². The molecule has 0 aliphatic rings. The second-order valence-corrected chi connectivity index (χ2v) is 5.45. The third-order valence-corrected chi connectivity index (χ3v) is 3.50. The molecule has 0 aromatic heterocycles. The number of hydrogen-bond acceptors (Lipinski definition) is 6. The van der Waals surface area contributed by atoms with E-state index in [2.05, 4.69) is 5.32 Å². The SMILES string of the molecule is C[C@@H](Oc1ccc([N+](=O)[O-])cc1Cl)C(=O)Nc1ccc(F)c([N+](=O)[O-])c1. The van der Waals surface area contributed by atoms with Crippen LogP contribution in [0.1, 0.15) is 6.92 Å². The van der Waals surface area contributed by atoms with Crippen LogP contribution < -0.4 is 10.1 Å². The Bertz CT molecular complexity index is 892. The molecule has 0 spiro atoms. The van der Waals surface area contributed by atoms with Crippen molar-refractivity contribution in [3.05, 3.63) is 67.5 Å². The quantitative estimate of drug-likeness (QED) is 0.598. The summed E-state index contributed by atoms with van der Waals surface area (Å²) >= 11 is 5.88. The predicted octanol–water partition coefficient (Wildman–Crippen LogP) is 3.70. The van der Waals surface area contributed by atoms with Gasteiger partial charge in [0.05, 0.1) is 14.9 Å². The molecule has 2 aromatic carbocycles. The molecule has 1 amide bonds. The first-order valence-corrected chi connectivity index (χ1v) is 7.42. The number of amides is 1. The van der Waals surface area contributed by atoms with Crippen molar-refractivity contribution in [2.75, 3.05) is 5.32 Å². The molecule has 2 aromatic rings. The van der Waals surface area contributed by atoms with Gasteiger partial charge < -0.3 is 10.1 Å². The van der Waals surface area contributed by atoms with Crippen LogP contribution in [0.15, 0.2) is 36.4 Å². The fraction of sp³-hybridized carbons (Fsp3) is 0.133. The van der Waals surface area contributed by atoms with Gasteiger partial charge in [0.25, 0.3) is 11.6 Å². The van der Waals surface area contributed by atoms with Gasteiger partial charge in [0.15, 0.2) is 6.10 Å². The number of anilines is 1. The third-order valence-electron chi connectivity index (χ3n) is 3.21. The number of rotatable bonds is 6. The van der Waals surface area contributed by atoms with E-state index in [1.165, 1.54) is 13.0 Å². The molecule has 1 N–H and O–H groups in total. The van der Waals surface area contributed by atoms with Crippen LogP contribution in [0.25, 0.3) is 0 Å². The second-order valence-electron chi connectivity index (χ2n) is 5.04. The van der Waals surface area contributed by atoms with Crippen molar-refractivity contribution in [2.45, 2.75) is 13.0 Å². The van der Waals surface area contributed by atoms with Gasteiger partial charge >= 0.3 is 5.69 Å². The smallest absolute Gasteiger partial charge is 0.306 e. The van der Waals surface area contributed by atoms with Crippen molar-refractivity contribution in [3.8, 4) is 5.75 Å². The lowest BCUT2D eigenvalue weighted by Gasteiger charge is -2.15. The lowest BCUT2D eigenvalue weighted by atomic mass is 10.2. The van der Waals surface area contributed by atoms with Crippen LogP contribution in [0.2, 0.25) is 5.02 Å². The van der Waals surface area contributed by atoms with E-state index in [1.807, 2.05) is 0 Å². The summed E-state index contributed by atoms with van der Waals surface area (Å²) in [6.45, 7) is 1.38. The molecule has 11 heteroatoms. The molecular weight excluding hydrogens is 373 g/mol. The highest BCUT2D eigenvalue weighted by Gasteiger charge is 2.20. The van der Waals surface area contributed by atoms with Crippen LogP contribution in [0, 0.1) is 26.0 Å². The van der Waals surface area contributed by atoms with E-state index in [0.717, 1.165) is 30.3 Å². The van der Waals surface area contributed by atoms with Crippen molar-refractivity contribution in [1.29, 1.82) is 0 Å². The molecule has 0 aliphatic heterocycles. The summed E-state index contributed by atoms with van der Waals surface area (Å²) in [5.41, 5.74) is -1.01. The highest BCUT2D eigenvalue weighted by molar-refractivity contribution is 6.32. The molecule has 0 bridgehead atoms. The largest absolute Gasteiger partial charge is 0.479 e. The van der Waals surface area contributed by atoms with E-state index >= 15 is 0 Å². The first-order chi connectivity index (χ1) is 12.2. The second kappa shape index (κ2) is 7.74. The lowest BCUT2D eigenvalue weighted by molar-refractivity contribution is -0.387. The summed E-state index contributed by atoms with van der Waals surface area (Å²) in [5, 5.41) is 23.7. The van der Waals surface area contributed by atoms with Crippen LogP contribution in [0.3, 0.4) is 0 Å². The van der Waals surface area contributed by atoms with E-state index < -0.39 is 33.4 Å². The van der Waals surface area contributed by atoms with E-state index in [-0.39, 0.29) is 22.1 Å². The van der Waals surface area contributed by atoms with E-state index in [4.69, 9.17) is 16.3 Å². The number of nitro groups is 2. The van der Waals surface area contributed by atoms with Crippen molar-refractivity contribution in [3.63, 3.8) is 0 Å². The summed E-state index contributed by atoms with van der Waals surface area (Å²) in [4.78, 5) is 31.9. The van der Waals surface area contributed by atoms with Crippen molar-refractivity contribution in [2.24, 2.45) is 0 Å². The van der Waals surface area contributed by atoms with Gasteiger partial charge in [0.2, 0.25) is 5.82 Å².